The summed E-state index contributed by atoms with van der Waals surface area (Å²) >= 11 is 0. The lowest BCUT2D eigenvalue weighted by Crippen LogP contribution is -2.41. The van der Waals surface area contributed by atoms with Gasteiger partial charge in [0.2, 0.25) is 0 Å². The maximum atomic E-state index is 11.3. The van der Waals surface area contributed by atoms with Crippen LogP contribution in [-0.4, -0.2) is 31.5 Å². The predicted octanol–water partition coefficient (Wildman–Crippen LogP) is 3.35. The summed E-state index contributed by atoms with van der Waals surface area (Å²) in [5.74, 6) is 0. The molecule has 0 atom stereocenters. The van der Waals surface area contributed by atoms with Gasteiger partial charge in [-0.2, -0.15) is 0 Å². The van der Waals surface area contributed by atoms with Crippen LogP contribution in [0.2, 0.25) is 0 Å². The summed E-state index contributed by atoms with van der Waals surface area (Å²) in [4.78, 5) is 11.3. The number of hydrogen-bond acceptors (Lipinski definition) is 3. The number of hydrogen-bond donors (Lipinski definition) is 1. The first-order chi connectivity index (χ1) is 8.10. The average molecular weight is 259 g/mol. The van der Waals surface area contributed by atoms with Crippen LogP contribution in [0.5, 0.6) is 0 Å². The van der Waals surface area contributed by atoms with Gasteiger partial charge < -0.3 is 14.8 Å². The molecule has 0 aromatic carbocycles. The Morgan fingerprint density at radius 1 is 1.00 bits per heavy atom. The van der Waals surface area contributed by atoms with Gasteiger partial charge in [0.15, 0.2) is 0 Å². The first-order valence-electron chi connectivity index (χ1n) is 6.63. The zero-order valence-electron chi connectivity index (χ0n) is 12.8. The molecule has 0 rings (SSSR count). The van der Waals surface area contributed by atoms with Crippen LogP contribution < -0.4 is 5.32 Å². The molecule has 0 radical (unpaired) electrons. The van der Waals surface area contributed by atoms with Crippen molar-refractivity contribution in [3.05, 3.63) is 0 Å². The lowest BCUT2D eigenvalue weighted by Gasteiger charge is -2.20. The van der Waals surface area contributed by atoms with Crippen LogP contribution in [0.4, 0.5) is 4.79 Å². The Bertz CT molecular complexity index is 238. The zero-order valence-corrected chi connectivity index (χ0v) is 12.8. The van der Waals surface area contributed by atoms with Gasteiger partial charge in [-0.05, 0) is 39.0 Å². The molecule has 18 heavy (non-hydrogen) atoms. The molecule has 1 N–H and O–H groups in total. The van der Waals surface area contributed by atoms with E-state index in [1.807, 2.05) is 20.8 Å². The van der Waals surface area contributed by atoms with Crippen molar-refractivity contribution in [3.63, 3.8) is 0 Å². The van der Waals surface area contributed by atoms with Crippen molar-refractivity contribution in [2.24, 2.45) is 5.41 Å². The smallest absolute Gasteiger partial charge is 0.407 e. The molecule has 0 aliphatic carbocycles. The molecule has 0 fully saturated rings. The number of unbranched alkanes of at least 4 members (excludes halogenated alkanes) is 1. The highest BCUT2D eigenvalue weighted by Gasteiger charge is 2.14. The third-order valence-electron chi connectivity index (χ3n) is 1.93. The van der Waals surface area contributed by atoms with Crippen LogP contribution in [0.25, 0.3) is 0 Å². The molecular formula is C14H29NO3. The molecule has 0 aliphatic rings. The third-order valence-corrected chi connectivity index (χ3v) is 1.93. The van der Waals surface area contributed by atoms with Crippen molar-refractivity contribution in [3.8, 4) is 0 Å². The molecule has 0 saturated heterocycles. The Balaban J connectivity index is 3.39. The summed E-state index contributed by atoms with van der Waals surface area (Å²) in [6.45, 7) is 14.1. The molecule has 4 heteroatoms. The number of nitrogens with one attached hydrogen (secondary N) is 1. The first-order valence-corrected chi connectivity index (χ1v) is 6.63. The van der Waals surface area contributed by atoms with E-state index in [0.29, 0.717) is 6.61 Å². The van der Waals surface area contributed by atoms with E-state index >= 15 is 0 Å². The van der Waals surface area contributed by atoms with E-state index in [1.54, 1.807) is 0 Å². The van der Waals surface area contributed by atoms with E-state index in [2.05, 4.69) is 26.1 Å². The topological polar surface area (TPSA) is 47.6 Å². The van der Waals surface area contributed by atoms with Gasteiger partial charge in [0.25, 0.3) is 0 Å². The van der Waals surface area contributed by atoms with E-state index in [4.69, 9.17) is 9.47 Å². The van der Waals surface area contributed by atoms with E-state index in [0.717, 1.165) is 26.1 Å². The average Bonchev–Trinajstić information content (AvgIpc) is 2.11. The second-order valence-electron chi connectivity index (χ2n) is 6.83. The van der Waals surface area contributed by atoms with Crippen LogP contribution in [0.3, 0.4) is 0 Å². The molecule has 0 aromatic heterocycles. The van der Waals surface area contributed by atoms with Crippen LogP contribution in [0.15, 0.2) is 0 Å². The SMILES string of the molecule is CC(C)(C)COCCCCOC(=O)NC(C)(C)C. The van der Waals surface area contributed by atoms with Crippen molar-refractivity contribution >= 4 is 6.09 Å². The van der Waals surface area contributed by atoms with Gasteiger partial charge in [-0.3, -0.25) is 0 Å². The maximum absolute atomic E-state index is 11.3. The fourth-order valence-corrected chi connectivity index (χ4v) is 1.19. The molecule has 0 bridgehead atoms. The standard InChI is InChI=1S/C14H29NO3/c1-13(2,3)11-17-9-7-8-10-18-12(16)15-14(4,5)6/h7-11H2,1-6H3,(H,15,16). The molecule has 0 heterocycles. The second kappa shape index (κ2) is 7.62. The lowest BCUT2D eigenvalue weighted by atomic mass is 9.99. The Morgan fingerprint density at radius 2 is 1.56 bits per heavy atom. The van der Waals surface area contributed by atoms with Gasteiger partial charge >= 0.3 is 6.09 Å². The highest BCUT2D eigenvalue weighted by molar-refractivity contribution is 5.67. The molecule has 1 amide bonds. The highest BCUT2D eigenvalue weighted by atomic mass is 16.5. The largest absolute Gasteiger partial charge is 0.450 e. The minimum atomic E-state index is -0.349. The Kier molecular flexibility index (Phi) is 7.29. The van der Waals surface area contributed by atoms with Gasteiger partial charge in [0.05, 0.1) is 13.2 Å². The fourth-order valence-electron chi connectivity index (χ4n) is 1.19. The Labute approximate surface area is 111 Å². The number of carbonyl (C=O) groups is 1. The summed E-state index contributed by atoms with van der Waals surface area (Å²) < 4.78 is 10.6. The highest BCUT2D eigenvalue weighted by Crippen LogP contribution is 2.12. The first kappa shape index (κ1) is 17.2. The van der Waals surface area contributed by atoms with Crippen LogP contribution in [0, 0.1) is 5.41 Å². The van der Waals surface area contributed by atoms with Crippen LogP contribution in [0.1, 0.15) is 54.4 Å². The van der Waals surface area contributed by atoms with Crippen molar-refractivity contribution in [2.75, 3.05) is 19.8 Å². The van der Waals surface area contributed by atoms with Crippen LogP contribution >= 0.6 is 0 Å². The van der Waals surface area contributed by atoms with E-state index in [-0.39, 0.29) is 17.0 Å². The summed E-state index contributed by atoms with van der Waals surface area (Å²) in [6.07, 6.45) is 1.40. The number of alkyl carbamates (subject to hydrolysis) is 1. The van der Waals surface area contributed by atoms with Gasteiger partial charge in [0.1, 0.15) is 0 Å². The summed E-state index contributed by atoms with van der Waals surface area (Å²) in [7, 11) is 0. The number of amides is 1. The lowest BCUT2D eigenvalue weighted by molar-refractivity contribution is 0.0649. The Morgan fingerprint density at radius 3 is 2.06 bits per heavy atom. The van der Waals surface area contributed by atoms with Crippen LogP contribution in [-0.2, 0) is 9.47 Å². The zero-order chi connectivity index (χ0) is 14.2. The molecule has 0 spiro atoms. The molecule has 0 unspecified atom stereocenters. The number of rotatable bonds is 6. The third kappa shape index (κ3) is 13.3. The second-order valence-corrected chi connectivity index (χ2v) is 6.83. The fraction of sp³-hybridized carbons (Fsp3) is 0.929. The van der Waals surface area contributed by atoms with Gasteiger partial charge in [-0.15, -0.1) is 0 Å². The summed E-state index contributed by atoms with van der Waals surface area (Å²) in [6, 6.07) is 0. The summed E-state index contributed by atoms with van der Waals surface area (Å²) in [5.41, 5.74) is -0.0317. The van der Waals surface area contributed by atoms with Gasteiger partial charge in [-0.1, -0.05) is 20.8 Å². The molecule has 0 aliphatic heterocycles. The molecule has 0 saturated carbocycles. The minimum absolute atomic E-state index is 0.211. The predicted molar refractivity (Wildman–Crippen MR) is 73.7 cm³/mol. The Hall–Kier alpha value is -0.770. The monoisotopic (exact) mass is 259 g/mol. The normalized spacial score (nSPS) is 12.3. The van der Waals surface area contributed by atoms with E-state index in [1.165, 1.54) is 0 Å². The van der Waals surface area contributed by atoms with Gasteiger partial charge in [0, 0.05) is 12.1 Å². The molecule has 0 aromatic rings. The van der Waals surface area contributed by atoms with Crippen molar-refractivity contribution in [1.29, 1.82) is 0 Å². The van der Waals surface area contributed by atoms with Crippen molar-refractivity contribution in [1.82, 2.24) is 5.32 Å². The van der Waals surface area contributed by atoms with E-state index in [9.17, 15) is 4.79 Å². The van der Waals surface area contributed by atoms with Crippen molar-refractivity contribution in [2.45, 2.75) is 59.9 Å². The quantitative estimate of drug-likeness (QED) is 0.744. The number of ether oxygens (including phenoxy) is 2. The number of carbonyl (C=O) groups excluding carboxylic acids is 1. The summed E-state index contributed by atoms with van der Waals surface area (Å²) in [5, 5.41) is 2.75. The van der Waals surface area contributed by atoms with Gasteiger partial charge in [-0.25, -0.2) is 4.79 Å². The minimum Gasteiger partial charge on any atom is -0.450 e. The molecular weight excluding hydrogens is 230 g/mol. The maximum Gasteiger partial charge on any atom is 0.407 e. The van der Waals surface area contributed by atoms with E-state index < -0.39 is 0 Å². The van der Waals surface area contributed by atoms with Crippen molar-refractivity contribution < 1.29 is 14.3 Å². The molecule has 4 nitrogen and oxygen atoms in total. The molecule has 108 valence electrons.